The Balaban J connectivity index is 0.00000374. The fraction of sp³-hybridized carbons (Fsp3) is 0.0698. The number of benzene rings is 5. The van der Waals surface area contributed by atoms with Crippen LogP contribution in [-0.4, -0.2) is 14.1 Å². The summed E-state index contributed by atoms with van der Waals surface area (Å²) in [6.45, 7) is 5.82. The number of nitrogens with zero attached hydrogens (tertiary/aromatic N) is 5. The SMILES string of the molecule is [2H]C(C)(C)c1ccnc(-n2c3[c-]c(Oc4[c-]c(N5C=CN(c6ccccc6)[CH-]5)ccc4)ccc3c3c2c2ccccc2n3-c2ccccc2)c1.[Pd]. The van der Waals surface area contributed by atoms with E-state index < -0.39 is 5.89 Å². The van der Waals surface area contributed by atoms with Gasteiger partial charge in [-0.2, -0.15) is 12.1 Å². The van der Waals surface area contributed by atoms with Crippen molar-refractivity contribution in [2.45, 2.75) is 19.7 Å². The van der Waals surface area contributed by atoms with Gasteiger partial charge in [-0.15, -0.1) is 42.7 Å². The summed E-state index contributed by atoms with van der Waals surface area (Å²) in [5.41, 5.74) is 7.89. The molecule has 8 aromatic rings. The van der Waals surface area contributed by atoms with E-state index in [0.29, 0.717) is 11.5 Å². The van der Waals surface area contributed by atoms with Gasteiger partial charge in [0.05, 0.1) is 11.0 Å². The molecule has 0 N–H and O–H groups in total. The summed E-state index contributed by atoms with van der Waals surface area (Å²) in [4.78, 5) is 8.95. The van der Waals surface area contributed by atoms with Crippen molar-refractivity contribution in [2.24, 2.45) is 0 Å². The number of fused-ring (bicyclic) bond motifs is 5. The quantitative estimate of drug-likeness (QED) is 0.120. The zero-order chi connectivity index (χ0) is 33.8. The van der Waals surface area contributed by atoms with E-state index in [9.17, 15) is 0 Å². The molecule has 6 nitrogen and oxygen atoms in total. The first-order valence-electron chi connectivity index (χ1n) is 16.8. The summed E-state index contributed by atoms with van der Waals surface area (Å²) in [7, 11) is 0. The molecule has 0 amide bonds. The first-order chi connectivity index (χ1) is 24.4. The molecule has 1 aliphatic heterocycles. The van der Waals surface area contributed by atoms with Gasteiger partial charge >= 0.3 is 0 Å². The Hall–Kier alpha value is -5.61. The normalized spacial score (nSPS) is 13.3. The molecule has 5 aromatic carbocycles. The van der Waals surface area contributed by atoms with E-state index >= 15 is 0 Å². The van der Waals surface area contributed by atoms with Gasteiger partial charge in [0.1, 0.15) is 5.82 Å². The van der Waals surface area contributed by atoms with Gasteiger partial charge < -0.3 is 23.7 Å². The zero-order valence-electron chi connectivity index (χ0n) is 28.4. The topological polar surface area (TPSA) is 38.5 Å². The van der Waals surface area contributed by atoms with Gasteiger partial charge in [-0.1, -0.05) is 79.3 Å². The number of anilines is 2. The molecule has 0 saturated heterocycles. The average Bonchev–Trinajstić information content (AvgIpc) is 3.85. The van der Waals surface area contributed by atoms with E-state index in [2.05, 4.69) is 92.9 Å². The molecular formula is C43H32N5OPd-3. The third-order valence-corrected chi connectivity index (χ3v) is 8.96. The van der Waals surface area contributed by atoms with Crippen molar-refractivity contribution in [3.63, 3.8) is 0 Å². The van der Waals surface area contributed by atoms with Crippen molar-refractivity contribution in [2.75, 3.05) is 9.80 Å². The first kappa shape index (κ1) is 30.5. The number of rotatable bonds is 7. The molecule has 248 valence electrons. The molecule has 0 saturated carbocycles. The number of para-hydroxylation sites is 3. The van der Waals surface area contributed by atoms with Crippen molar-refractivity contribution in [3.8, 4) is 23.0 Å². The molecule has 4 heterocycles. The van der Waals surface area contributed by atoms with Gasteiger partial charge in [-0.25, -0.2) is 4.98 Å². The Morgan fingerprint density at radius 2 is 1.38 bits per heavy atom. The van der Waals surface area contributed by atoms with E-state index in [4.69, 9.17) is 11.1 Å². The van der Waals surface area contributed by atoms with E-state index in [1.165, 1.54) is 0 Å². The largest absolute Gasteiger partial charge is 0.509 e. The van der Waals surface area contributed by atoms with Gasteiger partial charge in [0, 0.05) is 61.8 Å². The summed E-state index contributed by atoms with van der Waals surface area (Å²) in [5.74, 6) is 1.07. The summed E-state index contributed by atoms with van der Waals surface area (Å²) in [6, 6.07) is 50.0. The molecule has 7 heteroatoms. The Bertz CT molecular complexity index is 2550. The summed E-state index contributed by atoms with van der Waals surface area (Å²) >= 11 is 0. The zero-order valence-corrected chi connectivity index (χ0v) is 28.9. The van der Waals surface area contributed by atoms with E-state index in [1.54, 1.807) is 6.20 Å². The summed E-state index contributed by atoms with van der Waals surface area (Å²) in [6.07, 6.45) is 5.82. The molecule has 0 unspecified atom stereocenters. The van der Waals surface area contributed by atoms with Crippen LogP contribution in [-0.2, 0) is 20.4 Å². The van der Waals surface area contributed by atoms with E-state index in [1.807, 2.05) is 98.5 Å². The van der Waals surface area contributed by atoms with Crippen LogP contribution >= 0.6 is 0 Å². The fourth-order valence-corrected chi connectivity index (χ4v) is 6.64. The van der Waals surface area contributed by atoms with Crippen LogP contribution in [0.25, 0.3) is 44.3 Å². The Labute approximate surface area is 306 Å². The van der Waals surface area contributed by atoms with Crippen LogP contribution in [0.4, 0.5) is 11.4 Å². The number of aromatic nitrogens is 3. The number of ether oxygens (including phenoxy) is 1. The van der Waals surface area contributed by atoms with Crippen molar-refractivity contribution < 1.29 is 26.5 Å². The van der Waals surface area contributed by atoms with Crippen LogP contribution in [0.1, 0.15) is 26.7 Å². The molecular weight excluding hydrogens is 709 g/mol. The Kier molecular flexibility index (Phi) is 7.93. The molecule has 1 aliphatic rings. The van der Waals surface area contributed by atoms with E-state index in [0.717, 1.165) is 61.3 Å². The first-order valence-corrected chi connectivity index (χ1v) is 16.3. The number of pyridine rings is 1. The maximum atomic E-state index is 8.78. The molecule has 0 aliphatic carbocycles. The summed E-state index contributed by atoms with van der Waals surface area (Å²) in [5, 5.41) is 2.11. The minimum atomic E-state index is -0.795. The van der Waals surface area contributed by atoms with Gasteiger partial charge in [-0.05, 0) is 66.3 Å². The van der Waals surface area contributed by atoms with Crippen LogP contribution in [0.15, 0.2) is 146 Å². The second-order valence-corrected chi connectivity index (χ2v) is 12.3. The van der Waals surface area contributed by atoms with Gasteiger partial charge in [0.25, 0.3) is 0 Å². The van der Waals surface area contributed by atoms with Crippen LogP contribution in [0.2, 0.25) is 0 Å². The van der Waals surface area contributed by atoms with Gasteiger partial charge in [0.15, 0.2) is 0 Å². The third-order valence-electron chi connectivity index (χ3n) is 8.96. The van der Waals surface area contributed by atoms with Crippen LogP contribution < -0.4 is 14.5 Å². The minimum Gasteiger partial charge on any atom is -0.509 e. The molecule has 0 spiro atoms. The van der Waals surface area contributed by atoms with Crippen molar-refractivity contribution in [1.82, 2.24) is 14.1 Å². The van der Waals surface area contributed by atoms with Crippen molar-refractivity contribution >= 4 is 44.2 Å². The molecule has 0 radical (unpaired) electrons. The smallest absolute Gasteiger partial charge is 0.135 e. The van der Waals surface area contributed by atoms with Crippen LogP contribution in [0, 0.1) is 18.8 Å². The fourth-order valence-electron chi connectivity index (χ4n) is 6.64. The van der Waals surface area contributed by atoms with Gasteiger partial charge in [0.2, 0.25) is 0 Å². The molecule has 0 fully saturated rings. The predicted octanol–water partition coefficient (Wildman–Crippen LogP) is 10.6. The molecule has 0 bridgehead atoms. The Morgan fingerprint density at radius 1 is 0.680 bits per heavy atom. The molecule has 0 atom stereocenters. The maximum Gasteiger partial charge on any atom is 0.135 e. The molecule has 3 aromatic heterocycles. The Morgan fingerprint density at radius 3 is 2.18 bits per heavy atom. The van der Waals surface area contributed by atoms with Gasteiger partial charge in [-0.3, -0.25) is 0 Å². The number of hydrogen-bond donors (Lipinski definition) is 0. The van der Waals surface area contributed by atoms with Crippen LogP contribution in [0.5, 0.6) is 11.5 Å². The second-order valence-electron chi connectivity index (χ2n) is 12.3. The standard InChI is InChI=1S/C43H32N5O.Pd/c1-30(2)31-22-23-44-41(26-31)48-40-28-36(49-35-17-11-16-34(27-35)46-25-24-45(29-46)32-12-5-3-6-13-32)20-21-38(40)42-43(48)37-18-9-10-19-39(37)47(42)33-14-7-4-8-15-33;/h3-26,29-30H,1-2H3;/q-3;/i30D;. The molecule has 9 rings (SSSR count). The van der Waals surface area contributed by atoms with Crippen molar-refractivity contribution in [3.05, 3.63) is 170 Å². The minimum absolute atomic E-state index is 0. The number of hydrogen-bond acceptors (Lipinski definition) is 4. The molecule has 50 heavy (non-hydrogen) atoms. The monoisotopic (exact) mass is 741 g/mol. The second kappa shape index (κ2) is 13.0. The third kappa shape index (κ3) is 5.45. The van der Waals surface area contributed by atoms with E-state index in [-0.39, 0.29) is 20.4 Å². The average molecular weight is 742 g/mol. The van der Waals surface area contributed by atoms with Crippen molar-refractivity contribution in [1.29, 1.82) is 0 Å². The summed E-state index contributed by atoms with van der Waals surface area (Å²) < 4.78 is 19.7. The van der Waals surface area contributed by atoms with Crippen LogP contribution in [0.3, 0.4) is 0 Å². The maximum absolute atomic E-state index is 8.78. The predicted molar refractivity (Wildman–Crippen MR) is 199 cm³/mol.